The van der Waals surface area contributed by atoms with Gasteiger partial charge in [0.1, 0.15) is 6.61 Å². The van der Waals surface area contributed by atoms with Gasteiger partial charge >= 0.3 is 12.3 Å². The number of carbonyl (C=O) groups is 1. The van der Waals surface area contributed by atoms with Gasteiger partial charge in [-0.3, -0.25) is 0 Å². The molecule has 2 heterocycles. The summed E-state index contributed by atoms with van der Waals surface area (Å²) in [4.78, 5) is 15.0. The van der Waals surface area contributed by atoms with Gasteiger partial charge in [0.15, 0.2) is 0 Å². The van der Waals surface area contributed by atoms with E-state index >= 15 is 0 Å². The van der Waals surface area contributed by atoms with E-state index in [4.69, 9.17) is 4.74 Å². The molecule has 1 N–H and O–H groups in total. The van der Waals surface area contributed by atoms with Crippen molar-refractivity contribution in [3.63, 3.8) is 0 Å². The topological polar surface area (TPSA) is 49.8 Å². The van der Waals surface area contributed by atoms with Gasteiger partial charge in [-0.25, -0.2) is 4.79 Å². The van der Waals surface area contributed by atoms with Gasteiger partial charge in [0.2, 0.25) is 0 Å². The van der Waals surface area contributed by atoms with E-state index in [1.54, 1.807) is 4.90 Å². The molecule has 3 aliphatic rings. The fourth-order valence-electron chi connectivity index (χ4n) is 6.40. The zero-order chi connectivity index (χ0) is 25.1. The van der Waals surface area contributed by atoms with Crippen LogP contribution >= 0.6 is 0 Å². The summed E-state index contributed by atoms with van der Waals surface area (Å²) in [6, 6.07) is 20.6. The maximum absolute atomic E-state index is 13.2. The lowest BCUT2D eigenvalue weighted by molar-refractivity contribution is -0.137. The summed E-state index contributed by atoms with van der Waals surface area (Å²) in [6.45, 7) is 0.228. The number of hydrogen-bond acceptors (Lipinski definition) is 3. The van der Waals surface area contributed by atoms with E-state index in [0.717, 1.165) is 47.2 Å². The number of halogens is 3. The predicted molar refractivity (Wildman–Crippen MR) is 128 cm³/mol. The van der Waals surface area contributed by atoms with Gasteiger partial charge in [-0.2, -0.15) is 13.2 Å². The van der Waals surface area contributed by atoms with Gasteiger partial charge < -0.3 is 14.7 Å². The Bertz CT molecular complexity index is 1240. The average molecular weight is 494 g/mol. The first-order chi connectivity index (χ1) is 17.2. The van der Waals surface area contributed by atoms with Crippen LogP contribution in [0.1, 0.15) is 53.9 Å². The van der Waals surface area contributed by atoms with Gasteiger partial charge in [0.05, 0.1) is 11.2 Å². The third-order valence-corrected chi connectivity index (χ3v) is 8.06. The molecule has 3 aromatic rings. The molecule has 2 aliphatic heterocycles. The second kappa shape index (κ2) is 8.37. The van der Waals surface area contributed by atoms with Crippen LogP contribution < -0.4 is 0 Å². The zero-order valence-corrected chi connectivity index (χ0v) is 19.5. The first-order valence-electron chi connectivity index (χ1n) is 12.3. The quantitative estimate of drug-likeness (QED) is 0.455. The minimum Gasteiger partial charge on any atom is -0.448 e. The summed E-state index contributed by atoms with van der Waals surface area (Å²) in [5, 5.41) is 11.4. The number of piperidine rings is 1. The first-order valence-corrected chi connectivity index (χ1v) is 12.3. The highest BCUT2D eigenvalue weighted by Crippen LogP contribution is 2.47. The number of benzene rings is 3. The Labute approximate surface area is 207 Å². The number of hydrogen-bond donors (Lipinski definition) is 1. The lowest BCUT2D eigenvalue weighted by Gasteiger charge is -2.43. The smallest absolute Gasteiger partial charge is 0.416 e. The Morgan fingerprint density at radius 1 is 0.889 bits per heavy atom. The van der Waals surface area contributed by atoms with Crippen molar-refractivity contribution in [1.82, 2.24) is 4.90 Å². The Balaban J connectivity index is 1.16. The van der Waals surface area contributed by atoms with Crippen molar-refractivity contribution in [2.24, 2.45) is 0 Å². The van der Waals surface area contributed by atoms with Crippen molar-refractivity contribution in [2.75, 3.05) is 6.61 Å². The van der Waals surface area contributed by atoms with Crippen molar-refractivity contribution in [1.29, 1.82) is 0 Å². The van der Waals surface area contributed by atoms with Gasteiger partial charge in [0, 0.05) is 30.8 Å². The molecule has 4 nitrogen and oxygen atoms in total. The highest BCUT2D eigenvalue weighted by molar-refractivity contribution is 5.79. The molecule has 0 spiro atoms. The maximum atomic E-state index is 13.2. The molecule has 7 heteroatoms. The fraction of sp³-hybridized carbons (Fsp3) is 0.345. The first kappa shape index (κ1) is 23.1. The lowest BCUT2D eigenvalue weighted by atomic mass is 9.80. The van der Waals surface area contributed by atoms with Gasteiger partial charge in [-0.1, -0.05) is 60.7 Å². The number of carbonyl (C=O) groups excluding carboxylic acids is 1. The third kappa shape index (κ3) is 3.77. The van der Waals surface area contributed by atoms with E-state index in [1.165, 1.54) is 12.1 Å². The summed E-state index contributed by atoms with van der Waals surface area (Å²) < 4.78 is 44.7. The normalized spacial score (nSPS) is 24.9. The largest absolute Gasteiger partial charge is 0.448 e. The number of aliphatic hydroxyl groups is 1. The van der Waals surface area contributed by atoms with E-state index in [-0.39, 0.29) is 43.5 Å². The lowest BCUT2D eigenvalue weighted by Crippen LogP contribution is -2.52. The molecule has 1 aliphatic carbocycles. The molecule has 2 fully saturated rings. The Hall–Kier alpha value is -3.32. The minimum absolute atomic E-state index is 0.0344. The highest BCUT2D eigenvalue weighted by Gasteiger charge is 2.51. The number of alkyl halides is 3. The zero-order valence-electron chi connectivity index (χ0n) is 19.5. The van der Waals surface area contributed by atoms with Crippen molar-refractivity contribution >= 4 is 6.09 Å². The molecule has 1 amide bonds. The average Bonchev–Trinajstić information content (AvgIpc) is 3.34. The van der Waals surface area contributed by atoms with E-state index in [9.17, 15) is 23.1 Å². The number of amides is 1. The van der Waals surface area contributed by atoms with Crippen LogP contribution in [-0.2, 0) is 16.5 Å². The molecule has 2 unspecified atom stereocenters. The molecule has 2 atom stereocenters. The van der Waals surface area contributed by atoms with E-state index in [1.807, 2.05) is 24.3 Å². The van der Waals surface area contributed by atoms with E-state index < -0.39 is 17.3 Å². The SMILES string of the molecule is O=C(OCC1c2ccccc2-c2ccccc21)N1C2CCC1CC(O)(c1ccc(C(F)(F)F)cc1)C2. The van der Waals surface area contributed by atoms with Gasteiger partial charge in [-0.05, 0) is 52.8 Å². The van der Waals surface area contributed by atoms with Crippen molar-refractivity contribution < 1.29 is 27.8 Å². The highest BCUT2D eigenvalue weighted by atomic mass is 19.4. The third-order valence-electron chi connectivity index (χ3n) is 8.06. The van der Waals surface area contributed by atoms with Gasteiger partial charge in [0.25, 0.3) is 0 Å². The van der Waals surface area contributed by atoms with Crippen LogP contribution in [0.3, 0.4) is 0 Å². The summed E-state index contributed by atoms with van der Waals surface area (Å²) in [5.41, 5.74) is 3.06. The monoisotopic (exact) mass is 493 g/mol. The van der Waals surface area contributed by atoms with E-state index in [2.05, 4.69) is 24.3 Å². The fourth-order valence-corrected chi connectivity index (χ4v) is 6.40. The van der Waals surface area contributed by atoms with Crippen molar-refractivity contribution in [3.05, 3.63) is 95.1 Å². The molecule has 2 bridgehead atoms. The molecule has 36 heavy (non-hydrogen) atoms. The molecular weight excluding hydrogens is 467 g/mol. The number of ether oxygens (including phenoxy) is 1. The molecular formula is C29H26F3NO3. The number of fused-ring (bicyclic) bond motifs is 5. The summed E-state index contributed by atoms with van der Waals surface area (Å²) in [6.07, 6.45) is -2.79. The van der Waals surface area contributed by atoms with Crippen molar-refractivity contribution in [3.8, 4) is 11.1 Å². The van der Waals surface area contributed by atoms with E-state index in [0.29, 0.717) is 5.56 Å². The van der Waals surface area contributed by atoms with Crippen LogP contribution in [-0.4, -0.2) is 34.8 Å². The van der Waals surface area contributed by atoms with Crippen LogP contribution in [0, 0.1) is 0 Å². The van der Waals surface area contributed by atoms with Crippen LogP contribution in [0.2, 0.25) is 0 Å². The number of rotatable bonds is 3. The second-order valence-corrected chi connectivity index (χ2v) is 10.1. The Morgan fingerprint density at radius 3 is 1.94 bits per heavy atom. The Morgan fingerprint density at radius 2 is 1.42 bits per heavy atom. The molecule has 0 aromatic heterocycles. The summed E-state index contributed by atoms with van der Waals surface area (Å²) in [7, 11) is 0. The molecule has 3 aromatic carbocycles. The number of nitrogens with zero attached hydrogens (tertiary/aromatic N) is 1. The molecule has 2 saturated heterocycles. The van der Waals surface area contributed by atoms with Gasteiger partial charge in [-0.15, -0.1) is 0 Å². The minimum atomic E-state index is -4.42. The predicted octanol–water partition coefficient (Wildman–Crippen LogP) is 6.47. The standard InChI is InChI=1S/C29H26F3NO3/c30-29(31,32)19-11-9-18(10-12-19)28(35)15-20-13-14-21(16-28)33(20)27(34)36-17-26-24-7-3-1-5-22(24)23-6-2-4-8-25(23)26/h1-12,20-21,26,35H,13-17H2. The second-order valence-electron chi connectivity index (χ2n) is 10.1. The van der Waals surface area contributed by atoms with Crippen molar-refractivity contribution in [2.45, 2.75) is 55.5 Å². The van der Waals surface area contributed by atoms with Crippen LogP contribution in [0.5, 0.6) is 0 Å². The summed E-state index contributed by atoms with van der Waals surface area (Å²) >= 11 is 0. The molecule has 0 saturated carbocycles. The van der Waals surface area contributed by atoms with Crippen LogP contribution in [0.15, 0.2) is 72.8 Å². The Kier molecular flexibility index (Phi) is 5.37. The molecule has 6 rings (SSSR count). The van der Waals surface area contributed by atoms with Crippen LogP contribution in [0.4, 0.5) is 18.0 Å². The summed E-state index contributed by atoms with van der Waals surface area (Å²) in [5.74, 6) is -0.0344. The molecule has 0 radical (unpaired) electrons. The molecule has 186 valence electrons. The maximum Gasteiger partial charge on any atom is 0.416 e. The van der Waals surface area contributed by atoms with Crippen LogP contribution in [0.25, 0.3) is 11.1 Å².